The van der Waals surface area contributed by atoms with E-state index in [0.717, 1.165) is 22.0 Å². The van der Waals surface area contributed by atoms with Crippen molar-refractivity contribution in [1.29, 1.82) is 0 Å². The standard InChI is InChI=1S/C18H24N2OS/c1-12(2)10-16-20-14(4)17(22-16)18(21)19-11-13(3)15-8-6-5-7-9-15/h5-9,12-13H,10-11H2,1-4H3,(H,19,21). The predicted octanol–water partition coefficient (Wildman–Crippen LogP) is 4.18. The van der Waals surface area contributed by atoms with Gasteiger partial charge in [-0.05, 0) is 24.3 Å². The van der Waals surface area contributed by atoms with Gasteiger partial charge in [-0.15, -0.1) is 11.3 Å². The number of nitrogens with zero attached hydrogens (tertiary/aromatic N) is 1. The van der Waals surface area contributed by atoms with Crippen LogP contribution in [0.25, 0.3) is 0 Å². The van der Waals surface area contributed by atoms with E-state index in [9.17, 15) is 4.79 Å². The Labute approximate surface area is 136 Å². The number of rotatable bonds is 6. The number of carbonyl (C=O) groups excluding carboxylic acids is 1. The number of nitrogens with one attached hydrogen (secondary N) is 1. The van der Waals surface area contributed by atoms with Gasteiger partial charge in [0.1, 0.15) is 4.88 Å². The van der Waals surface area contributed by atoms with E-state index in [0.29, 0.717) is 18.4 Å². The smallest absolute Gasteiger partial charge is 0.263 e. The molecule has 1 unspecified atom stereocenters. The zero-order chi connectivity index (χ0) is 16.1. The van der Waals surface area contributed by atoms with Gasteiger partial charge in [0.15, 0.2) is 0 Å². The fourth-order valence-corrected chi connectivity index (χ4v) is 3.52. The normalized spacial score (nSPS) is 12.4. The summed E-state index contributed by atoms with van der Waals surface area (Å²) >= 11 is 1.52. The van der Waals surface area contributed by atoms with Gasteiger partial charge >= 0.3 is 0 Å². The lowest BCUT2D eigenvalue weighted by Gasteiger charge is -2.12. The van der Waals surface area contributed by atoms with E-state index in [1.807, 2.05) is 25.1 Å². The first-order valence-electron chi connectivity index (χ1n) is 7.76. The highest BCUT2D eigenvalue weighted by atomic mass is 32.1. The minimum absolute atomic E-state index is 0.00668. The molecule has 0 radical (unpaired) electrons. The van der Waals surface area contributed by atoms with Gasteiger partial charge in [-0.3, -0.25) is 4.79 Å². The molecule has 1 atom stereocenters. The number of thiazole rings is 1. The highest BCUT2D eigenvalue weighted by Gasteiger charge is 2.16. The molecule has 0 spiro atoms. The van der Waals surface area contributed by atoms with Crippen LogP contribution in [0.1, 0.15) is 52.6 Å². The number of benzene rings is 1. The Bertz CT molecular complexity index is 619. The van der Waals surface area contributed by atoms with E-state index >= 15 is 0 Å². The van der Waals surface area contributed by atoms with Crippen LogP contribution in [0.5, 0.6) is 0 Å². The number of hydrogen-bond donors (Lipinski definition) is 1. The summed E-state index contributed by atoms with van der Waals surface area (Å²) in [7, 11) is 0. The van der Waals surface area contributed by atoms with Crippen molar-refractivity contribution in [2.75, 3.05) is 6.54 Å². The third-order valence-corrected chi connectivity index (χ3v) is 4.75. The summed E-state index contributed by atoms with van der Waals surface area (Å²) in [6.07, 6.45) is 0.930. The van der Waals surface area contributed by atoms with Crippen LogP contribution in [-0.2, 0) is 6.42 Å². The van der Waals surface area contributed by atoms with Gasteiger partial charge in [0.25, 0.3) is 5.91 Å². The molecule has 1 N–H and O–H groups in total. The fourth-order valence-electron chi connectivity index (χ4n) is 2.33. The Kier molecular flexibility index (Phi) is 5.72. The van der Waals surface area contributed by atoms with Crippen LogP contribution in [0, 0.1) is 12.8 Å². The molecule has 0 aliphatic carbocycles. The van der Waals surface area contributed by atoms with E-state index in [2.05, 4.69) is 43.2 Å². The van der Waals surface area contributed by atoms with Gasteiger partial charge < -0.3 is 5.32 Å². The molecule has 3 nitrogen and oxygen atoms in total. The quantitative estimate of drug-likeness (QED) is 0.868. The van der Waals surface area contributed by atoms with Crippen molar-refractivity contribution < 1.29 is 4.79 Å². The molecule has 0 aliphatic heterocycles. The van der Waals surface area contributed by atoms with Crippen molar-refractivity contribution >= 4 is 17.2 Å². The molecule has 2 rings (SSSR count). The molecule has 22 heavy (non-hydrogen) atoms. The van der Waals surface area contributed by atoms with Crippen LogP contribution in [0.4, 0.5) is 0 Å². The molecule has 0 saturated heterocycles. The maximum absolute atomic E-state index is 12.4. The molecule has 1 amide bonds. The lowest BCUT2D eigenvalue weighted by atomic mass is 10.0. The van der Waals surface area contributed by atoms with Gasteiger partial charge in [-0.2, -0.15) is 0 Å². The lowest BCUT2D eigenvalue weighted by molar-refractivity contribution is 0.0955. The van der Waals surface area contributed by atoms with E-state index in [1.165, 1.54) is 16.9 Å². The van der Waals surface area contributed by atoms with Crippen molar-refractivity contribution in [2.45, 2.75) is 40.0 Å². The first kappa shape index (κ1) is 16.7. The van der Waals surface area contributed by atoms with Crippen molar-refractivity contribution in [2.24, 2.45) is 5.92 Å². The molecule has 4 heteroatoms. The SMILES string of the molecule is Cc1nc(CC(C)C)sc1C(=O)NCC(C)c1ccccc1. The monoisotopic (exact) mass is 316 g/mol. The summed E-state index contributed by atoms with van der Waals surface area (Å²) in [6.45, 7) is 9.00. The number of hydrogen-bond acceptors (Lipinski definition) is 3. The highest BCUT2D eigenvalue weighted by molar-refractivity contribution is 7.13. The Morgan fingerprint density at radius 3 is 2.55 bits per heavy atom. The predicted molar refractivity (Wildman–Crippen MR) is 92.6 cm³/mol. The number of aryl methyl sites for hydroxylation is 1. The number of amides is 1. The van der Waals surface area contributed by atoms with Crippen molar-refractivity contribution in [3.8, 4) is 0 Å². The molecule has 1 aromatic heterocycles. The minimum Gasteiger partial charge on any atom is -0.351 e. The molecule has 1 heterocycles. The molecule has 1 aromatic carbocycles. The lowest BCUT2D eigenvalue weighted by Crippen LogP contribution is -2.27. The molecule has 2 aromatic rings. The second kappa shape index (κ2) is 7.54. The summed E-state index contributed by atoms with van der Waals surface area (Å²) in [4.78, 5) is 17.6. The van der Waals surface area contributed by atoms with Gasteiger partial charge in [-0.25, -0.2) is 4.98 Å². The van der Waals surface area contributed by atoms with Crippen LogP contribution in [0.2, 0.25) is 0 Å². The molecular formula is C18H24N2OS. The Morgan fingerprint density at radius 1 is 1.23 bits per heavy atom. The molecular weight excluding hydrogens is 292 g/mol. The molecule has 0 bridgehead atoms. The van der Waals surface area contributed by atoms with E-state index in [-0.39, 0.29) is 5.91 Å². The first-order valence-corrected chi connectivity index (χ1v) is 8.58. The highest BCUT2D eigenvalue weighted by Crippen LogP contribution is 2.21. The molecule has 118 valence electrons. The van der Waals surface area contributed by atoms with Crippen molar-refractivity contribution in [1.82, 2.24) is 10.3 Å². The molecule has 0 fully saturated rings. The summed E-state index contributed by atoms with van der Waals surface area (Å²) < 4.78 is 0. The van der Waals surface area contributed by atoms with Gasteiger partial charge in [-0.1, -0.05) is 51.1 Å². The first-order chi connectivity index (χ1) is 10.5. The van der Waals surface area contributed by atoms with E-state index in [4.69, 9.17) is 0 Å². The van der Waals surface area contributed by atoms with Crippen LogP contribution in [-0.4, -0.2) is 17.4 Å². The van der Waals surface area contributed by atoms with Gasteiger partial charge in [0.05, 0.1) is 10.7 Å². The maximum atomic E-state index is 12.4. The second-order valence-electron chi connectivity index (χ2n) is 6.14. The average Bonchev–Trinajstić information content (AvgIpc) is 2.85. The summed E-state index contributed by atoms with van der Waals surface area (Å²) in [5.41, 5.74) is 2.08. The Hall–Kier alpha value is -1.68. The number of carbonyl (C=O) groups is 1. The fraction of sp³-hybridized carbons (Fsp3) is 0.444. The van der Waals surface area contributed by atoms with Crippen LogP contribution in [0.15, 0.2) is 30.3 Å². The minimum atomic E-state index is -0.00668. The van der Waals surface area contributed by atoms with Crippen LogP contribution in [0.3, 0.4) is 0 Å². The van der Waals surface area contributed by atoms with Gasteiger partial charge in [0.2, 0.25) is 0 Å². The Morgan fingerprint density at radius 2 is 1.91 bits per heavy atom. The van der Waals surface area contributed by atoms with E-state index in [1.54, 1.807) is 0 Å². The molecule has 0 aliphatic rings. The van der Waals surface area contributed by atoms with Crippen molar-refractivity contribution in [3.63, 3.8) is 0 Å². The second-order valence-corrected chi connectivity index (χ2v) is 7.23. The topological polar surface area (TPSA) is 42.0 Å². The summed E-state index contributed by atoms with van der Waals surface area (Å²) in [6, 6.07) is 10.2. The number of aromatic nitrogens is 1. The zero-order valence-electron chi connectivity index (χ0n) is 13.7. The zero-order valence-corrected chi connectivity index (χ0v) is 14.5. The summed E-state index contributed by atoms with van der Waals surface area (Å²) in [5, 5.41) is 4.09. The Balaban J connectivity index is 1.96. The molecule has 0 saturated carbocycles. The largest absolute Gasteiger partial charge is 0.351 e. The van der Waals surface area contributed by atoms with Crippen LogP contribution < -0.4 is 5.32 Å². The third-order valence-electron chi connectivity index (χ3n) is 3.57. The van der Waals surface area contributed by atoms with E-state index < -0.39 is 0 Å². The third kappa shape index (κ3) is 4.41. The maximum Gasteiger partial charge on any atom is 0.263 e. The van der Waals surface area contributed by atoms with Gasteiger partial charge in [0, 0.05) is 13.0 Å². The van der Waals surface area contributed by atoms with Crippen LogP contribution >= 0.6 is 11.3 Å². The van der Waals surface area contributed by atoms with Crippen molar-refractivity contribution in [3.05, 3.63) is 51.5 Å². The summed E-state index contributed by atoms with van der Waals surface area (Å²) in [5.74, 6) is 0.848. The average molecular weight is 316 g/mol.